The van der Waals surface area contributed by atoms with Crippen LogP contribution < -0.4 is 5.32 Å². The Hall–Kier alpha value is -0.0800. The van der Waals surface area contributed by atoms with Crippen molar-refractivity contribution in [2.24, 2.45) is 5.92 Å². The minimum absolute atomic E-state index is 0.113. The summed E-state index contributed by atoms with van der Waals surface area (Å²) in [6, 6.07) is 0. The number of hydrogen-bond donors (Lipinski definition) is 2. The van der Waals surface area contributed by atoms with Crippen molar-refractivity contribution in [2.75, 3.05) is 6.54 Å². The second-order valence-corrected chi connectivity index (χ2v) is 5.68. The van der Waals surface area contributed by atoms with Crippen molar-refractivity contribution in [1.29, 1.82) is 0 Å². The van der Waals surface area contributed by atoms with E-state index in [0.717, 1.165) is 19.4 Å². The van der Waals surface area contributed by atoms with Gasteiger partial charge < -0.3 is 10.4 Å². The van der Waals surface area contributed by atoms with Crippen LogP contribution in [0.15, 0.2) is 0 Å². The maximum absolute atomic E-state index is 10.2. The molecular formula is C11H23NO. The average molecular weight is 185 g/mol. The second kappa shape index (κ2) is 3.58. The van der Waals surface area contributed by atoms with Gasteiger partial charge in [0.25, 0.3) is 0 Å². The molecule has 1 rings (SSSR count). The lowest BCUT2D eigenvalue weighted by Gasteiger charge is -2.29. The molecule has 0 radical (unpaired) electrons. The van der Waals surface area contributed by atoms with Crippen molar-refractivity contribution >= 4 is 0 Å². The van der Waals surface area contributed by atoms with E-state index in [-0.39, 0.29) is 5.54 Å². The molecule has 0 bridgehead atoms. The van der Waals surface area contributed by atoms with Gasteiger partial charge in [-0.05, 0) is 46.0 Å². The summed E-state index contributed by atoms with van der Waals surface area (Å²) in [5.74, 6) is 0.687. The quantitative estimate of drug-likeness (QED) is 0.689. The molecule has 0 aromatic carbocycles. The Bertz CT molecular complexity index is 173. The SMILES string of the molecule is CC1CCC(O)(CNC(C)(C)C)C1. The van der Waals surface area contributed by atoms with Crippen LogP contribution in [0.5, 0.6) is 0 Å². The maximum atomic E-state index is 10.2. The van der Waals surface area contributed by atoms with Crippen LogP contribution in [0.2, 0.25) is 0 Å². The van der Waals surface area contributed by atoms with Crippen LogP contribution in [0.25, 0.3) is 0 Å². The molecule has 0 aliphatic heterocycles. The van der Waals surface area contributed by atoms with Crippen LogP contribution in [0.3, 0.4) is 0 Å². The van der Waals surface area contributed by atoms with Crippen LogP contribution in [-0.4, -0.2) is 22.8 Å². The molecule has 2 atom stereocenters. The number of hydrogen-bond acceptors (Lipinski definition) is 2. The topological polar surface area (TPSA) is 32.3 Å². The lowest BCUT2D eigenvalue weighted by Crippen LogP contribution is -2.46. The Labute approximate surface area is 81.7 Å². The van der Waals surface area contributed by atoms with Crippen LogP contribution in [0.1, 0.15) is 47.0 Å². The Kier molecular flexibility index (Phi) is 3.03. The molecule has 1 aliphatic rings. The van der Waals surface area contributed by atoms with E-state index in [2.05, 4.69) is 33.0 Å². The third-order valence-corrected chi connectivity index (χ3v) is 2.78. The van der Waals surface area contributed by atoms with Gasteiger partial charge in [0.1, 0.15) is 0 Å². The minimum atomic E-state index is -0.438. The summed E-state index contributed by atoms with van der Waals surface area (Å²) in [5, 5.41) is 13.5. The molecule has 0 saturated heterocycles. The van der Waals surface area contributed by atoms with E-state index in [4.69, 9.17) is 0 Å². The largest absolute Gasteiger partial charge is 0.389 e. The first kappa shape index (κ1) is 11.0. The van der Waals surface area contributed by atoms with Gasteiger partial charge in [0.15, 0.2) is 0 Å². The predicted molar refractivity (Wildman–Crippen MR) is 55.7 cm³/mol. The lowest BCUT2D eigenvalue weighted by molar-refractivity contribution is 0.0381. The molecule has 1 saturated carbocycles. The van der Waals surface area contributed by atoms with Gasteiger partial charge in [-0.3, -0.25) is 0 Å². The molecule has 2 unspecified atom stereocenters. The summed E-state index contributed by atoms with van der Waals surface area (Å²) in [6.07, 6.45) is 3.08. The molecule has 2 N–H and O–H groups in total. The molecule has 0 spiro atoms. The summed E-state index contributed by atoms with van der Waals surface area (Å²) in [6.45, 7) is 9.36. The molecule has 78 valence electrons. The fourth-order valence-corrected chi connectivity index (χ4v) is 1.96. The van der Waals surface area contributed by atoms with Gasteiger partial charge in [0.2, 0.25) is 0 Å². The molecule has 13 heavy (non-hydrogen) atoms. The van der Waals surface area contributed by atoms with Crippen molar-refractivity contribution < 1.29 is 5.11 Å². The first-order chi connectivity index (χ1) is 5.81. The fourth-order valence-electron chi connectivity index (χ4n) is 1.96. The van der Waals surface area contributed by atoms with Gasteiger partial charge in [0, 0.05) is 12.1 Å². The summed E-state index contributed by atoms with van der Waals surface area (Å²) < 4.78 is 0. The highest BCUT2D eigenvalue weighted by Gasteiger charge is 2.35. The Morgan fingerprint density at radius 2 is 2.08 bits per heavy atom. The zero-order chi connectivity index (χ0) is 10.1. The summed E-state index contributed by atoms with van der Waals surface area (Å²) in [7, 11) is 0. The molecule has 0 heterocycles. The van der Waals surface area contributed by atoms with Gasteiger partial charge in [-0.25, -0.2) is 0 Å². The van der Waals surface area contributed by atoms with Gasteiger partial charge in [-0.15, -0.1) is 0 Å². The first-order valence-electron chi connectivity index (χ1n) is 5.28. The number of β-amino-alcohol motifs (C(OH)–C–C–N with tert-alkyl or cyclic N) is 1. The average Bonchev–Trinajstić information content (AvgIpc) is 2.27. The zero-order valence-corrected chi connectivity index (χ0v) is 9.35. The third kappa shape index (κ3) is 3.65. The molecule has 0 aromatic heterocycles. The van der Waals surface area contributed by atoms with E-state index in [1.807, 2.05) is 0 Å². The van der Waals surface area contributed by atoms with Gasteiger partial charge in [0.05, 0.1) is 5.60 Å². The maximum Gasteiger partial charge on any atom is 0.0774 e. The van der Waals surface area contributed by atoms with Gasteiger partial charge >= 0.3 is 0 Å². The Morgan fingerprint density at radius 3 is 2.46 bits per heavy atom. The van der Waals surface area contributed by atoms with Crippen LogP contribution in [0.4, 0.5) is 0 Å². The highest BCUT2D eigenvalue weighted by molar-refractivity contribution is 4.91. The smallest absolute Gasteiger partial charge is 0.0774 e. The van der Waals surface area contributed by atoms with E-state index in [1.54, 1.807) is 0 Å². The fraction of sp³-hybridized carbons (Fsp3) is 1.00. The number of aliphatic hydroxyl groups is 1. The van der Waals surface area contributed by atoms with E-state index in [0.29, 0.717) is 5.92 Å². The molecule has 2 heteroatoms. The van der Waals surface area contributed by atoms with E-state index in [1.165, 1.54) is 6.42 Å². The molecular weight excluding hydrogens is 162 g/mol. The normalized spacial score (nSPS) is 35.3. The zero-order valence-electron chi connectivity index (χ0n) is 9.35. The van der Waals surface area contributed by atoms with E-state index >= 15 is 0 Å². The van der Waals surface area contributed by atoms with E-state index < -0.39 is 5.60 Å². The van der Waals surface area contributed by atoms with Crippen molar-refractivity contribution in [3.05, 3.63) is 0 Å². The predicted octanol–water partition coefficient (Wildman–Crippen LogP) is 1.93. The summed E-state index contributed by atoms with van der Waals surface area (Å²) in [5.41, 5.74) is -0.325. The highest BCUT2D eigenvalue weighted by atomic mass is 16.3. The second-order valence-electron chi connectivity index (χ2n) is 5.68. The third-order valence-electron chi connectivity index (χ3n) is 2.78. The van der Waals surface area contributed by atoms with Gasteiger partial charge in [-0.1, -0.05) is 6.92 Å². The van der Waals surface area contributed by atoms with E-state index in [9.17, 15) is 5.11 Å². The first-order valence-corrected chi connectivity index (χ1v) is 5.28. The Morgan fingerprint density at radius 1 is 1.46 bits per heavy atom. The summed E-state index contributed by atoms with van der Waals surface area (Å²) >= 11 is 0. The lowest BCUT2D eigenvalue weighted by atomic mass is 9.99. The standard InChI is InChI=1S/C11H23NO/c1-9-5-6-11(13,7-9)8-12-10(2,3)4/h9,12-13H,5-8H2,1-4H3. The van der Waals surface area contributed by atoms with Gasteiger partial charge in [-0.2, -0.15) is 0 Å². The molecule has 1 fully saturated rings. The molecule has 1 aliphatic carbocycles. The van der Waals surface area contributed by atoms with Crippen LogP contribution >= 0.6 is 0 Å². The molecule has 0 amide bonds. The molecule has 0 aromatic rings. The van der Waals surface area contributed by atoms with Crippen molar-refractivity contribution in [3.63, 3.8) is 0 Å². The summed E-state index contributed by atoms with van der Waals surface area (Å²) in [4.78, 5) is 0. The monoisotopic (exact) mass is 185 g/mol. The van der Waals surface area contributed by atoms with Crippen molar-refractivity contribution in [3.8, 4) is 0 Å². The number of nitrogens with one attached hydrogen (secondary N) is 1. The number of rotatable bonds is 2. The minimum Gasteiger partial charge on any atom is -0.389 e. The highest BCUT2D eigenvalue weighted by Crippen LogP contribution is 2.33. The van der Waals surface area contributed by atoms with Crippen molar-refractivity contribution in [2.45, 2.75) is 58.1 Å². The molecule has 2 nitrogen and oxygen atoms in total. The van der Waals surface area contributed by atoms with Crippen LogP contribution in [-0.2, 0) is 0 Å². The van der Waals surface area contributed by atoms with Crippen molar-refractivity contribution in [1.82, 2.24) is 5.32 Å². The van der Waals surface area contributed by atoms with Crippen LogP contribution in [0, 0.1) is 5.92 Å². The Balaban J connectivity index is 2.36.